The fourth-order valence-electron chi connectivity index (χ4n) is 3.79. The third-order valence-corrected chi connectivity index (χ3v) is 7.34. The summed E-state index contributed by atoms with van der Waals surface area (Å²) in [6, 6.07) is 6.30. The van der Waals surface area contributed by atoms with Gasteiger partial charge in [-0.05, 0) is 56.0 Å². The molecule has 4 rings (SSSR count). The number of aromatic hydroxyl groups is 1. The number of anilines is 1. The molecule has 1 aliphatic heterocycles. The smallest absolute Gasteiger partial charge is 0.263 e. The molecule has 2 N–H and O–H groups in total. The van der Waals surface area contributed by atoms with Gasteiger partial charge in [-0.25, -0.2) is 4.98 Å². The summed E-state index contributed by atoms with van der Waals surface area (Å²) in [6.45, 7) is 5.23. The number of thiophene rings is 1. The number of nitrogens with one attached hydrogen (secondary N) is 1. The van der Waals surface area contributed by atoms with E-state index >= 15 is 0 Å². The van der Waals surface area contributed by atoms with Crippen LogP contribution in [0.15, 0.2) is 34.2 Å². The van der Waals surface area contributed by atoms with Crippen molar-refractivity contribution in [3.05, 3.63) is 45.1 Å². The Hall–Kier alpha value is -2.36. The fraction of sp³-hybridized carbons (Fsp3) is 0.409. The molecule has 0 radical (unpaired) electrons. The first-order chi connectivity index (χ1) is 15.0. The molecule has 1 amide bonds. The molecule has 1 aliphatic rings. The molecular weight excluding hydrogens is 434 g/mol. The highest BCUT2D eigenvalue weighted by molar-refractivity contribution is 7.99. The van der Waals surface area contributed by atoms with Crippen molar-refractivity contribution in [2.75, 3.05) is 17.7 Å². The van der Waals surface area contributed by atoms with Crippen LogP contribution >= 0.6 is 23.1 Å². The molecule has 1 saturated heterocycles. The van der Waals surface area contributed by atoms with Crippen LogP contribution in [-0.2, 0) is 22.5 Å². The number of phenolic OH excluding ortho intramolecular Hbond substituents is 1. The number of aryl methyl sites for hydroxylation is 2. The maximum atomic E-state index is 13.4. The number of thioether (sulfide) groups is 1. The van der Waals surface area contributed by atoms with Crippen molar-refractivity contribution in [3.8, 4) is 5.75 Å². The molecular formula is C22H25N3O4S2. The summed E-state index contributed by atoms with van der Waals surface area (Å²) in [5, 5.41) is 13.4. The Morgan fingerprint density at radius 3 is 2.84 bits per heavy atom. The number of nitrogens with zero attached hydrogens (tertiary/aromatic N) is 2. The van der Waals surface area contributed by atoms with Gasteiger partial charge < -0.3 is 15.2 Å². The zero-order valence-electron chi connectivity index (χ0n) is 17.5. The van der Waals surface area contributed by atoms with Crippen LogP contribution in [0.4, 0.5) is 5.69 Å². The van der Waals surface area contributed by atoms with E-state index in [1.807, 2.05) is 6.92 Å². The van der Waals surface area contributed by atoms with Crippen molar-refractivity contribution in [1.82, 2.24) is 9.55 Å². The van der Waals surface area contributed by atoms with Crippen molar-refractivity contribution in [2.45, 2.75) is 50.9 Å². The lowest BCUT2D eigenvalue weighted by molar-refractivity contribution is -0.113. The van der Waals surface area contributed by atoms with Gasteiger partial charge in [0.05, 0.1) is 23.8 Å². The van der Waals surface area contributed by atoms with Crippen LogP contribution in [0, 0.1) is 6.92 Å². The molecule has 3 aromatic rings. The fourth-order valence-corrected chi connectivity index (χ4v) is 5.76. The van der Waals surface area contributed by atoms with Gasteiger partial charge in [-0.3, -0.25) is 14.2 Å². The number of carbonyl (C=O) groups is 1. The molecule has 3 heterocycles. The maximum absolute atomic E-state index is 13.4. The van der Waals surface area contributed by atoms with Gasteiger partial charge in [0.2, 0.25) is 5.91 Å². The van der Waals surface area contributed by atoms with Gasteiger partial charge in [0.25, 0.3) is 5.56 Å². The molecule has 2 aromatic heterocycles. The lowest BCUT2D eigenvalue weighted by Gasteiger charge is -2.16. The van der Waals surface area contributed by atoms with E-state index in [0.717, 1.165) is 34.5 Å². The molecule has 9 heteroatoms. The Kier molecular flexibility index (Phi) is 6.64. The highest BCUT2D eigenvalue weighted by atomic mass is 32.2. The number of ether oxygens (including phenoxy) is 1. The van der Waals surface area contributed by atoms with E-state index in [9.17, 15) is 14.7 Å². The van der Waals surface area contributed by atoms with Crippen LogP contribution in [0.3, 0.4) is 0 Å². The van der Waals surface area contributed by atoms with E-state index in [0.29, 0.717) is 29.4 Å². The summed E-state index contributed by atoms with van der Waals surface area (Å²) in [5.41, 5.74) is 1.60. The van der Waals surface area contributed by atoms with Gasteiger partial charge in [-0.2, -0.15) is 0 Å². The van der Waals surface area contributed by atoms with E-state index in [-0.39, 0.29) is 29.1 Å². The van der Waals surface area contributed by atoms with Crippen LogP contribution in [0.1, 0.15) is 30.2 Å². The number of amides is 1. The molecule has 0 bridgehead atoms. The number of hydrogen-bond donors (Lipinski definition) is 2. The van der Waals surface area contributed by atoms with Crippen molar-refractivity contribution >= 4 is 44.9 Å². The quantitative estimate of drug-likeness (QED) is 0.316. The second-order valence-corrected chi connectivity index (χ2v) is 9.65. The zero-order chi connectivity index (χ0) is 22.0. The lowest BCUT2D eigenvalue weighted by Crippen LogP contribution is -2.29. The molecule has 0 spiro atoms. The Labute approximate surface area is 188 Å². The zero-order valence-corrected chi connectivity index (χ0v) is 19.1. The lowest BCUT2D eigenvalue weighted by atomic mass is 10.1. The average molecular weight is 460 g/mol. The molecule has 0 saturated carbocycles. The highest BCUT2D eigenvalue weighted by Crippen LogP contribution is 2.30. The molecule has 1 fully saturated rings. The largest absolute Gasteiger partial charge is 0.508 e. The van der Waals surface area contributed by atoms with E-state index in [1.54, 1.807) is 16.7 Å². The number of phenols is 1. The third kappa shape index (κ3) is 4.78. The topological polar surface area (TPSA) is 93.5 Å². The minimum absolute atomic E-state index is 0.00747. The number of rotatable bonds is 7. The second kappa shape index (κ2) is 9.42. The summed E-state index contributed by atoms with van der Waals surface area (Å²) in [6.07, 6.45) is 2.68. The van der Waals surface area contributed by atoms with Crippen molar-refractivity contribution < 1.29 is 14.6 Å². The van der Waals surface area contributed by atoms with Crippen LogP contribution in [0.5, 0.6) is 5.75 Å². The van der Waals surface area contributed by atoms with Crippen LogP contribution < -0.4 is 10.9 Å². The van der Waals surface area contributed by atoms with Crippen molar-refractivity contribution in [1.29, 1.82) is 0 Å². The molecule has 0 aliphatic carbocycles. The second-order valence-electron chi connectivity index (χ2n) is 7.50. The van der Waals surface area contributed by atoms with Gasteiger partial charge >= 0.3 is 0 Å². The van der Waals surface area contributed by atoms with Gasteiger partial charge in [-0.1, -0.05) is 18.7 Å². The summed E-state index contributed by atoms with van der Waals surface area (Å²) < 4.78 is 7.44. The maximum Gasteiger partial charge on any atom is 0.263 e. The van der Waals surface area contributed by atoms with Gasteiger partial charge in [0.15, 0.2) is 5.16 Å². The normalized spacial score (nSPS) is 16.1. The first-order valence-electron chi connectivity index (χ1n) is 10.3. The van der Waals surface area contributed by atoms with E-state index in [4.69, 9.17) is 9.72 Å². The van der Waals surface area contributed by atoms with Gasteiger partial charge in [0.1, 0.15) is 10.6 Å². The SMILES string of the molecule is CCc1c(C)sc2nc(SCC(=O)Nc3ccc(O)cc3)n(CC3CCCO3)c(=O)c12. The number of aromatic nitrogens is 2. The van der Waals surface area contributed by atoms with Crippen LogP contribution in [-0.4, -0.2) is 39.0 Å². The minimum atomic E-state index is -0.203. The predicted octanol–water partition coefficient (Wildman–Crippen LogP) is 3.94. The summed E-state index contributed by atoms with van der Waals surface area (Å²) in [5.74, 6) is 0.0565. The molecule has 1 unspecified atom stereocenters. The third-order valence-electron chi connectivity index (χ3n) is 5.32. The number of benzene rings is 1. The molecule has 1 aromatic carbocycles. The number of fused-ring (bicyclic) bond motifs is 1. The average Bonchev–Trinajstić information content (AvgIpc) is 3.37. The Balaban J connectivity index is 1.61. The van der Waals surface area contributed by atoms with E-state index < -0.39 is 0 Å². The monoisotopic (exact) mass is 459 g/mol. The van der Waals surface area contributed by atoms with E-state index in [1.165, 1.54) is 35.2 Å². The molecule has 7 nitrogen and oxygen atoms in total. The minimum Gasteiger partial charge on any atom is -0.508 e. The first-order valence-corrected chi connectivity index (χ1v) is 12.1. The highest BCUT2D eigenvalue weighted by Gasteiger charge is 2.23. The first kappa shape index (κ1) is 21.9. The molecule has 164 valence electrons. The summed E-state index contributed by atoms with van der Waals surface area (Å²) in [4.78, 5) is 32.5. The Morgan fingerprint density at radius 2 is 2.16 bits per heavy atom. The molecule has 31 heavy (non-hydrogen) atoms. The van der Waals surface area contributed by atoms with Gasteiger partial charge in [0, 0.05) is 17.2 Å². The Bertz CT molecular complexity index is 1150. The van der Waals surface area contributed by atoms with Crippen LogP contribution in [0.25, 0.3) is 10.2 Å². The standard InChI is InChI=1S/C22H25N3O4S2/c1-3-17-13(2)31-20-19(17)21(28)25(11-16-5-4-10-29-16)22(24-20)30-12-18(27)23-14-6-8-15(26)9-7-14/h6-9,16,26H,3-5,10-12H2,1-2H3,(H,23,27). The summed E-state index contributed by atoms with van der Waals surface area (Å²) >= 11 is 2.78. The number of hydrogen-bond acceptors (Lipinski definition) is 7. The Morgan fingerprint density at radius 1 is 1.39 bits per heavy atom. The van der Waals surface area contributed by atoms with Crippen LogP contribution in [0.2, 0.25) is 0 Å². The predicted molar refractivity (Wildman–Crippen MR) is 124 cm³/mol. The van der Waals surface area contributed by atoms with E-state index in [2.05, 4.69) is 12.2 Å². The number of carbonyl (C=O) groups excluding carboxylic acids is 1. The summed E-state index contributed by atoms with van der Waals surface area (Å²) in [7, 11) is 0. The van der Waals surface area contributed by atoms with Gasteiger partial charge in [-0.15, -0.1) is 11.3 Å². The molecule has 1 atom stereocenters. The van der Waals surface area contributed by atoms with Crippen molar-refractivity contribution in [3.63, 3.8) is 0 Å². The van der Waals surface area contributed by atoms with Crippen molar-refractivity contribution in [2.24, 2.45) is 0 Å².